The fourth-order valence-corrected chi connectivity index (χ4v) is 2.69. The molecule has 2 aromatic rings. The standard InChI is InChI=1S/C12H13N.C7H8F2O3/c1-2-13-12-9-5-7-10-6-3-4-8-11(10)12;8-7(9)2-1-4(6(7)12)3-5(10)11/h3-9,13H,2H2,1H3;1-2,4,6,12H,3H2,(H,10,11). The number of carboxylic acids is 1. The molecule has 0 saturated carbocycles. The van der Waals surface area contributed by atoms with E-state index in [1.54, 1.807) is 0 Å². The topological polar surface area (TPSA) is 69.6 Å². The predicted molar refractivity (Wildman–Crippen MR) is 93.9 cm³/mol. The SMILES string of the molecule is CCNc1cccc2ccccc12.O=C(O)CC1C=CC(F)(F)C1O. The molecular formula is C19H21F2NO3. The van der Waals surface area contributed by atoms with Crippen LogP contribution < -0.4 is 5.32 Å². The first kappa shape index (κ1) is 18.9. The van der Waals surface area contributed by atoms with E-state index >= 15 is 0 Å². The number of rotatable bonds is 4. The van der Waals surface area contributed by atoms with Crippen molar-refractivity contribution in [1.82, 2.24) is 0 Å². The lowest BCUT2D eigenvalue weighted by molar-refractivity contribution is -0.140. The minimum Gasteiger partial charge on any atom is -0.481 e. The number of aliphatic hydroxyl groups excluding tert-OH is 1. The summed E-state index contributed by atoms with van der Waals surface area (Å²) in [6, 6.07) is 14.8. The maximum absolute atomic E-state index is 12.5. The van der Waals surface area contributed by atoms with Crippen LogP contribution in [0.3, 0.4) is 0 Å². The molecule has 3 N–H and O–H groups in total. The van der Waals surface area contributed by atoms with Gasteiger partial charge in [0.1, 0.15) is 6.10 Å². The van der Waals surface area contributed by atoms with Crippen LogP contribution in [0.15, 0.2) is 54.6 Å². The monoisotopic (exact) mass is 349 g/mol. The molecule has 4 nitrogen and oxygen atoms in total. The van der Waals surface area contributed by atoms with E-state index in [-0.39, 0.29) is 0 Å². The van der Waals surface area contributed by atoms with E-state index in [4.69, 9.17) is 10.2 Å². The molecule has 0 saturated heterocycles. The fraction of sp³-hybridized carbons (Fsp3) is 0.316. The molecule has 25 heavy (non-hydrogen) atoms. The zero-order valence-electron chi connectivity index (χ0n) is 13.8. The first-order chi connectivity index (χ1) is 11.8. The molecule has 0 bridgehead atoms. The number of nitrogens with one attached hydrogen (secondary N) is 1. The van der Waals surface area contributed by atoms with Crippen molar-refractivity contribution in [3.63, 3.8) is 0 Å². The van der Waals surface area contributed by atoms with Crippen LogP contribution in [0.25, 0.3) is 10.8 Å². The molecule has 0 aliphatic heterocycles. The summed E-state index contributed by atoms with van der Waals surface area (Å²) in [5.74, 6) is -5.45. The van der Waals surface area contributed by atoms with Crippen molar-refractivity contribution in [3.05, 3.63) is 54.6 Å². The number of halogens is 2. The summed E-state index contributed by atoms with van der Waals surface area (Å²) in [5.41, 5.74) is 1.22. The maximum atomic E-state index is 12.5. The number of anilines is 1. The van der Waals surface area contributed by atoms with Crippen LogP contribution in [0.5, 0.6) is 0 Å². The van der Waals surface area contributed by atoms with E-state index in [0.29, 0.717) is 6.08 Å². The van der Waals surface area contributed by atoms with Gasteiger partial charge in [0.15, 0.2) is 0 Å². The Morgan fingerprint density at radius 3 is 2.48 bits per heavy atom. The summed E-state index contributed by atoms with van der Waals surface area (Å²) < 4.78 is 25.0. The highest BCUT2D eigenvalue weighted by molar-refractivity contribution is 5.93. The summed E-state index contributed by atoms with van der Waals surface area (Å²) in [4.78, 5) is 10.1. The molecule has 0 radical (unpaired) electrons. The van der Waals surface area contributed by atoms with Crippen LogP contribution in [-0.4, -0.2) is 34.8 Å². The molecule has 0 aromatic heterocycles. The molecule has 2 atom stereocenters. The zero-order chi connectivity index (χ0) is 18.4. The Hall–Kier alpha value is -2.47. The zero-order valence-corrected chi connectivity index (χ0v) is 13.8. The van der Waals surface area contributed by atoms with Crippen LogP contribution in [0.1, 0.15) is 13.3 Å². The summed E-state index contributed by atoms with van der Waals surface area (Å²) in [6.07, 6.45) is -0.772. The molecular weight excluding hydrogens is 328 g/mol. The van der Waals surface area contributed by atoms with Gasteiger partial charge in [-0.2, -0.15) is 8.78 Å². The Morgan fingerprint density at radius 2 is 1.88 bits per heavy atom. The van der Waals surface area contributed by atoms with Crippen LogP contribution in [0, 0.1) is 5.92 Å². The van der Waals surface area contributed by atoms with E-state index in [2.05, 4.69) is 54.7 Å². The molecule has 0 fully saturated rings. The van der Waals surface area contributed by atoms with Gasteiger partial charge in [0.25, 0.3) is 5.92 Å². The smallest absolute Gasteiger partial charge is 0.304 e. The largest absolute Gasteiger partial charge is 0.481 e. The molecule has 0 heterocycles. The van der Waals surface area contributed by atoms with Crippen molar-refractivity contribution >= 4 is 22.4 Å². The van der Waals surface area contributed by atoms with Gasteiger partial charge < -0.3 is 15.5 Å². The van der Waals surface area contributed by atoms with E-state index in [0.717, 1.165) is 12.6 Å². The molecule has 6 heteroatoms. The summed E-state index contributed by atoms with van der Waals surface area (Å²) in [7, 11) is 0. The van der Waals surface area contributed by atoms with Gasteiger partial charge in [-0.15, -0.1) is 0 Å². The van der Waals surface area contributed by atoms with E-state index in [1.807, 2.05) is 0 Å². The third-order valence-electron chi connectivity index (χ3n) is 3.93. The van der Waals surface area contributed by atoms with E-state index < -0.39 is 30.3 Å². The summed E-state index contributed by atoms with van der Waals surface area (Å²) in [5, 5.41) is 23.1. The molecule has 2 aromatic carbocycles. The van der Waals surface area contributed by atoms with Gasteiger partial charge in [0.05, 0.1) is 6.42 Å². The van der Waals surface area contributed by atoms with E-state index in [9.17, 15) is 13.6 Å². The normalized spacial score (nSPS) is 20.8. The first-order valence-corrected chi connectivity index (χ1v) is 8.04. The van der Waals surface area contributed by atoms with Crippen molar-refractivity contribution < 1.29 is 23.8 Å². The second kappa shape index (κ2) is 8.07. The number of carbonyl (C=O) groups is 1. The Balaban J connectivity index is 0.000000181. The number of aliphatic carboxylic acids is 1. The van der Waals surface area contributed by atoms with Gasteiger partial charge in [-0.1, -0.05) is 42.5 Å². The van der Waals surface area contributed by atoms with Crippen LogP contribution in [0.4, 0.5) is 14.5 Å². The molecule has 2 unspecified atom stereocenters. The number of hydrogen-bond acceptors (Lipinski definition) is 3. The molecule has 0 amide bonds. The van der Waals surface area contributed by atoms with Crippen molar-refractivity contribution in [3.8, 4) is 0 Å². The number of aliphatic hydroxyl groups is 1. The quantitative estimate of drug-likeness (QED) is 0.732. The van der Waals surface area contributed by atoms with E-state index in [1.165, 1.54) is 16.5 Å². The molecule has 3 rings (SSSR count). The minimum atomic E-state index is -3.28. The number of carboxylic acid groups (broad SMARTS) is 1. The van der Waals surface area contributed by atoms with Gasteiger partial charge in [-0.25, -0.2) is 0 Å². The van der Waals surface area contributed by atoms with Gasteiger partial charge in [0.2, 0.25) is 0 Å². The second-order valence-corrected chi connectivity index (χ2v) is 5.80. The van der Waals surface area contributed by atoms with Crippen molar-refractivity contribution in [1.29, 1.82) is 0 Å². The number of hydrogen-bond donors (Lipinski definition) is 3. The molecule has 1 aliphatic carbocycles. The maximum Gasteiger partial charge on any atom is 0.304 e. The Kier molecular flexibility index (Phi) is 6.09. The van der Waals surface area contributed by atoms with Crippen LogP contribution in [0.2, 0.25) is 0 Å². The highest BCUT2D eigenvalue weighted by Gasteiger charge is 2.45. The number of fused-ring (bicyclic) bond motifs is 1. The molecule has 0 spiro atoms. The third kappa shape index (κ3) is 4.76. The molecule has 1 aliphatic rings. The van der Waals surface area contributed by atoms with Gasteiger partial charge >= 0.3 is 5.97 Å². The Bertz CT molecular complexity index is 756. The lowest BCUT2D eigenvalue weighted by atomic mass is 10.0. The van der Waals surface area contributed by atoms with Crippen molar-refractivity contribution in [2.24, 2.45) is 5.92 Å². The summed E-state index contributed by atoms with van der Waals surface area (Å²) in [6.45, 7) is 3.08. The summed E-state index contributed by atoms with van der Waals surface area (Å²) >= 11 is 0. The number of alkyl halides is 2. The van der Waals surface area contributed by atoms with Crippen molar-refractivity contribution in [2.45, 2.75) is 25.4 Å². The van der Waals surface area contributed by atoms with Crippen molar-refractivity contribution in [2.75, 3.05) is 11.9 Å². The average Bonchev–Trinajstić information content (AvgIpc) is 2.83. The Labute approximate surface area is 144 Å². The number of benzene rings is 2. The van der Waals surface area contributed by atoms with Crippen LogP contribution >= 0.6 is 0 Å². The minimum absolute atomic E-state index is 0.465. The molecule has 134 valence electrons. The van der Waals surface area contributed by atoms with Gasteiger partial charge in [-0.05, 0) is 24.5 Å². The highest BCUT2D eigenvalue weighted by atomic mass is 19.3. The average molecular weight is 349 g/mol. The first-order valence-electron chi connectivity index (χ1n) is 8.04. The van der Waals surface area contributed by atoms with Crippen LogP contribution in [-0.2, 0) is 4.79 Å². The predicted octanol–water partition coefficient (Wildman–Crippen LogP) is 3.91. The van der Waals surface area contributed by atoms with Gasteiger partial charge in [0, 0.05) is 23.5 Å². The lowest BCUT2D eigenvalue weighted by Crippen LogP contribution is -2.33. The Morgan fingerprint density at radius 1 is 1.20 bits per heavy atom. The fourth-order valence-electron chi connectivity index (χ4n) is 2.69. The lowest BCUT2D eigenvalue weighted by Gasteiger charge is -2.17. The second-order valence-electron chi connectivity index (χ2n) is 5.80. The highest BCUT2D eigenvalue weighted by Crippen LogP contribution is 2.34. The van der Waals surface area contributed by atoms with Gasteiger partial charge in [-0.3, -0.25) is 4.79 Å². The third-order valence-corrected chi connectivity index (χ3v) is 3.93.